The molecule has 2 fully saturated rings. The summed E-state index contributed by atoms with van der Waals surface area (Å²) in [5.41, 5.74) is 0. The molecule has 2 aliphatic rings. The van der Waals surface area contributed by atoms with Gasteiger partial charge in [-0.3, -0.25) is 9.89 Å². The lowest BCUT2D eigenvalue weighted by Gasteiger charge is -2.26. The van der Waals surface area contributed by atoms with Crippen LogP contribution < -0.4 is 10.6 Å². The maximum absolute atomic E-state index is 5.67. The van der Waals surface area contributed by atoms with E-state index in [-0.39, 0.29) is 0 Å². The number of hydrogen-bond acceptors (Lipinski definition) is 5. The third-order valence-corrected chi connectivity index (χ3v) is 4.44. The Bertz CT molecular complexity index is 356. The summed E-state index contributed by atoms with van der Waals surface area (Å²) in [5, 5.41) is 6.72. The summed E-state index contributed by atoms with van der Waals surface area (Å²) in [6, 6.07) is 0. The Balaban J connectivity index is 1.49. The average Bonchev–Trinajstić information content (AvgIpc) is 3.16. The van der Waals surface area contributed by atoms with Crippen molar-refractivity contribution < 1.29 is 14.2 Å². The van der Waals surface area contributed by atoms with E-state index in [4.69, 9.17) is 14.2 Å². The number of hydrogen-bond donors (Lipinski definition) is 2. The zero-order valence-corrected chi connectivity index (χ0v) is 15.8. The first-order valence-electron chi connectivity index (χ1n) is 9.90. The summed E-state index contributed by atoms with van der Waals surface area (Å²) in [6.07, 6.45) is 4.68. The van der Waals surface area contributed by atoms with Crippen LogP contribution in [0.5, 0.6) is 0 Å². The van der Waals surface area contributed by atoms with Crippen LogP contribution in [-0.4, -0.2) is 89.3 Å². The first kappa shape index (κ1) is 20.4. The molecule has 0 aliphatic carbocycles. The van der Waals surface area contributed by atoms with E-state index in [1.807, 2.05) is 0 Å². The molecule has 0 aromatic heterocycles. The summed E-state index contributed by atoms with van der Waals surface area (Å²) < 4.78 is 16.6. The molecule has 0 spiro atoms. The van der Waals surface area contributed by atoms with Crippen LogP contribution in [-0.2, 0) is 14.2 Å². The Hall–Kier alpha value is -0.890. The van der Waals surface area contributed by atoms with E-state index in [1.54, 1.807) is 0 Å². The van der Waals surface area contributed by atoms with Gasteiger partial charge in [0, 0.05) is 45.9 Å². The van der Waals surface area contributed by atoms with E-state index >= 15 is 0 Å². The molecular weight excluding hydrogens is 320 g/mol. The molecule has 0 radical (unpaired) electrons. The van der Waals surface area contributed by atoms with Crippen LogP contribution >= 0.6 is 0 Å². The second-order valence-corrected chi connectivity index (χ2v) is 6.56. The number of ether oxygens (including phenoxy) is 3. The molecule has 25 heavy (non-hydrogen) atoms. The Kier molecular flexibility index (Phi) is 10.9. The molecule has 7 heteroatoms. The quantitative estimate of drug-likeness (QED) is 0.325. The molecule has 0 bridgehead atoms. The number of morpholine rings is 1. The Labute approximate surface area is 152 Å². The van der Waals surface area contributed by atoms with Gasteiger partial charge in [-0.25, -0.2) is 0 Å². The predicted molar refractivity (Wildman–Crippen MR) is 100 cm³/mol. The van der Waals surface area contributed by atoms with Crippen molar-refractivity contribution in [2.75, 3.05) is 72.3 Å². The number of aliphatic imine (C=N–C) groups is 1. The molecule has 1 atom stereocenters. The lowest BCUT2D eigenvalue weighted by molar-refractivity contribution is 0.0171. The molecule has 0 aromatic carbocycles. The van der Waals surface area contributed by atoms with Crippen LogP contribution in [0.25, 0.3) is 0 Å². The van der Waals surface area contributed by atoms with Crippen LogP contribution in [0.4, 0.5) is 0 Å². The van der Waals surface area contributed by atoms with Gasteiger partial charge in [-0.2, -0.15) is 0 Å². The highest BCUT2D eigenvalue weighted by Crippen LogP contribution is 2.11. The summed E-state index contributed by atoms with van der Waals surface area (Å²) in [7, 11) is 0. The standard InChI is InChI=1S/C18H36N4O3/c1-2-19-18(20-7-4-9-22-10-14-23-15-11-22)21-8-5-12-24-16-17-6-3-13-25-17/h17H,2-16H2,1H3,(H2,19,20,21). The summed E-state index contributed by atoms with van der Waals surface area (Å²) >= 11 is 0. The molecular formula is C18H36N4O3. The normalized spacial score (nSPS) is 22.3. The fraction of sp³-hybridized carbons (Fsp3) is 0.944. The van der Waals surface area contributed by atoms with E-state index in [1.165, 1.54) is 6.42 Å². The van der Waals surface area contributed by atoms with Crippen LogP contribution in [0.1, 0.15) is 32.6 Å². The van der Waals surface area contributed by atoms with Gasteiger partial charge in [0.25, 0.3) is 0 Å². The van der Waals surface area contributed by atoms with Crippen molar-refractivity contribution in [3.8, 4) is 0 Å². The van der Waals surface area contributed by atoms with Crippen molar-refractivity contribution in [1.82, 2.24) is 15.5 Å². The first-order valence-corrected chi connectivity index (χ1v) is 9.90. The molecule has 2 N–H and O–H groups in total. The van der Waals surface area contributed by atoms with E-state index in [9.17, 15) is 0 Å². The Morgan fingerprint density at radius 1 is 1.20 bits per heavy atom. The highest BCUT2D eigenvalue weighted by Gasteiger charge is 2.14. The maximum Gasteiger partial charge on any atom is 0.191 e. The van der Waals surface area contributed by atoms with Crippen LogP contribution in [0.15, 0.2) is 4.99 Å². The molecule has 2 saturated heterocycles. The highest BCUT2D eigenvalue weighted by molar-refractivity contribution is 5.79. The van der Waals surface area contributed by atoms with Crippen LogP contribution in [0, 0.1) is 0 Å². The van der Waals surface area contributed by atoms with E-state index < -0.39 is 0 Å². The van der Waals surface area contributed by atoms with Gasteiger partial charge in [-0.1, -0.05) is 0 Å². The van der Waals surface area contributed by atoms with Gasteiger partial charge in [0.05, 0.1) is 25.9 Å². The summed E-state index contributed by atoms with van der Waals surface area (Å²) in [5.74, 6) is 0.906. The van der Waals surface area contributed by atoms with Crippen molar-refractivity contribution >= 4 is 5.96 Å². The first-order chi connectivity index (χ1) is 12.4. The number of rotatable bonds is 11. The minimum absolute atomic E-state index is 0.314. The van der Waals surface area contributed by atoms with Crippen molar-refractivity contribution in [3.63, 3.8) is 0 Å². The molecule has 0 aromatic rings. The third-order valence-electron chi connectivity index (χ3n) is 4.44. The Morgan fingerprint density at radius 2 is 2.08 bits per heavy atom. The molecule has 1 unspecified atom stereocenters. The topological polar surface area (TPSA) is 67.4 Å². The minimum atomic E-state index is 0.314. The molecule has 0 saturated carbocycles. The van der Waals surface area contributed by atoms with Gasteiger partial charge in [-0.05, 0) is 39.2 Å². The van der Waals surface area contributed by atoms with Gasteiger partial charge >= 0.3 is 0 Å². The number of guanidine groups is 1. The van der Waals surface area contributed by atoms with E-state index in [0.717, 1.165) is 97.5 Å². The van der Waals surface area contributed by atoms with Crippen LogP contribution in [0.3, 0.4) is 0 Å². The molecule has 2 heterocycles. The highest BCUT2D eigenvalue weighted by atomic mass is 16.5. The van der Waals surface area contributed by atoms with Gasteiger partial charge in [0.1, 0.15) is 0 Å². The maximum atomic E-state index is 5.67. The fourth-order valence-corrected chi connectivity index (χ4v) is 3.02. The second-order valence-electron chi connectivity index (χ2n) is 6.56. The Morgan fingerprint density at radius 3 is 2.84 bits per heavy atom. The molecule has 7 nitrogen and oxygen atoms in total. The molecule has 0 amide bonds. The predicted octanol–water partition coefficient (Wildman–Crippen LogP) is 0.850. The van der Waals surface area contributed by atoms with E-state index in [2.05, 4.69) is 27.4 Å². The number of nitrogens with one attached hydrogen (secondary N) is 2. The fourth-order valence-electron chi connectivity index (χ4n) is 3.02. The average molecular weight is 357 g/mol. The summed E-state index contributed by atoms with van der Waals surface area (Å²) in [6.45, 7) is 12.0. The van der Waals surface area contributed by atoms with Crippen molar-refractivity contribution in [2.45, 2.75) is 38.7 Å². The minimum Gasteiger partial charge on any atom is -0.379 e. The third kappa shape index (κ3) is 9.39. The van der Waals surface area contributed by atoms with Crippen LogP contribution in [0.2, 0.25) is 0 Å². The zero-order valence-electron chi connectivity index (χ0n) is 15.8. The zero-order chi connectivity index (χ0) is 17.6. The van der Waals surface area contributed by atoms with Crippen molar-refractivity contribution in [1.29, 1.82) is 0 Å². The van der Waals surface area contributed by atoms with Gasteiger partial charge in [0.2, 0.25) is 0 Å². The van der Waals surface area contributed by atoms with Gasteiger partial charge in [0.15, 0.2) is 5.96 Å². The smallest absolute Gasteiger partial charge is 0.191 e. The molecule has 2 aliphatic heterocycles. The van der Waals surface area contributed by atoms with E-state index in [0.29, 0.717) is 6.10 Å². The monoisotopic (exact) mass is 356 g/mol. The van der Waals surface area contributed by atoms with Gasteiger partial charge in [-0.15, -0.1) is 0 Å². The second kappa shape index (κ2) is 13.3. The lowest BCUT2D eigenvalue weighted by atomic mass is 10.2. The summed E-state index contributed by atoms with van der Waals surface area (Å²) in [4.78, 5) is 7.08. The molecule has 146 valence electrons. The van der Waals surface area contributed by atoms with Crippen molar-refractivity contribution in [3.05, 3.63) is 0 Å². The van der Waals surface area contributed by atoms with Crippen molar-refractivity contribution in [2.24, 2.45) is 4.99 Å². The number of nitrogens with zero attached hydrogens (tertiary/aromatic N) is 2. The lowest BCUT2D eigenvalue weighted by Crippen LogP contribution is -2.40. The van der Waals surface area contributed by atoms with Gasteiger partial charge < -0.3 is 24.8 Å². The molecule has 2 rings (SSSR count). The SMILES string of the molecule is CCNC(=NCCCOCC1CCCO1)NCCCN1CCOCC1. The largest absolute Gasteiger partial charge is 0.379 e.